The molecule has 114 valence electrons. The van der Waals surface area contributed by atoms with Crippen LogP contribution in [0, 0.1) is 11.3 Å². The molecule has 0 aliphatic rings. The van der Waals surface area contributed by atoms with E-state index < -0.39 is 0 Å². The molecule has 20 heavy (non-hydrogen) atoms. The van der Waals surface area contributed by atoms with E-state index in [1.807, 2.05) is 19.2 Å². The van der Waals surface area contributed by atoms with Gasteiger partial charge in [-0.25, -0.2) is 0 Å². The first-order valence-electron chi connectivity index (χ1n) is 7.27. The summed E-state index contributed by atoms with van der Waals surface area (Å²) in [5.74, 6) is 1.40. The Morgan fingerprint density at radius 3 is 2.45 bits per heavy atom. The first kappa shape index (κ1) is 17.3. The Hall–Kier alpha value is -0.730. The summed E-state index contributed by atoms with van der Waals surface area (Å²) in [4.78, 5) is 0. The number of rotatable bonds is 6. The zero-order valence-corrected chi connectivity index (χ0v) is 14.3. The Morgan fingerprint density at radius 2 is 1.95 bits per heavy atom. The molecule has 2 unspecified atom stereocenters. The van der Waals surface area contributed by atoms with Crippen LogP contribution in [0.25, 0.3) is 0 Å². The highest BCUT2D eigenvalue weighted by Gasteiger charge is 2.20. The van der Waals surface area contributed by atoms with Crippen LogP contribution in [0.4, 0.5) is 0 Å². The molecule has 2 nitrogen and oxygen atoms in total. The maximum Gasteiger partial charge on any atom is 0.137 e. The average Bonchev–Trinajstić information content (AvgIpc) is 2.34. The van der Waals surface area contributed by atoms with Gasteiger partial charge in [-0.3, -0.25) is 0 Å². The SMILES string of the molecule is CNC(CC(C)CC(C)(C)C)c1ccc(Cl)c(OC)c1. The standard InChI is InChI=1S/C17H28ClNO/c1-12(11-17(2,3)4)9-15(19-5)13-7-8-14(18)16(10-13)20-6/h7-8,10,12,15,19H,9,11H2,1-6H3. The van der Waals surface area contributed by atoms with Gasteiger partial charge in [0.05, 0.1) is 12.1 Å². The Balaban J connectivity index is 2.80. The molecule has 0 amide bonds. The van der Waals surface area contributed by atoms with Crippen LogP contribution in [0.5, 0.6) is 5.75 Å². The van der Waals surface area contributed by atoms with Crippen LogP contribution in [0.3, 0.4) is 0 Å². The number of methoxy groups -OCH3 is 1. The van der Waals surface area contributed by atoms with Gasteiger partial charge in [-0.05, 0) is 48.9 Å². The minimum Gasteiger partial charge on any atom is -0.495 e. The molecule has 0 aromatic heterocycles. The van der Waals surface area contributed by atoms with Crippen molar-refractivity contribution < 1.29 is 4.74 Å². The second-order valence-electron chi connectivity index (χ2n) is 6.84. The van der Waals surface area contributed by atoms with E-state index >= 15 is 0 Å². The first-order chi connectivity index (χ1) is 9.26. The van der Waals surface area contributed by atoms with Gasteiger partial charge in [0.15, 0.2) is 0 Å². The summed E-state index contributed by atoms with van der Waals surface area (Å²) in [6, 6.07) is 6.36. The molecule has 0 radical (unpaired) electrons. The molecule has 0 fully saturated rings. The van der Waals surface area contributed by atoms with Gasteiger partial charge in [-0.2, -0.15) is 0 Å². The third kappa shape index (κ3) is 5.34. The number of nitrogens with one attached hydrogen (secondary N) is 1. The van der Waals surface area contributed by atoms with Gasteiger partial charge >= 0.3 is 0 Å². The average molecular weight is 298 g/mol. The van der Waals surface area contributed by atoms with Crippen LogP contribution in [0.2, 0.25) is 5.02 Å². The van der Waals surface area contributed by atoms with Crippen molar-refractivity contribution in [2.75, 3.05) is 14.2 Å². The van der Waals surface area contributed by atoms with E-state index in [0.29, 0.717) is 22.4 Å². The molecule has 1 N–H and O–H groups in total. The minimum atomic E-state index is 0.332. The first-order valence-corrected chi connectivity index (χ1v) is 7.65. The largest absolute Gasteiger partial charge is 0.495 e. The number of benzene rings is 1. The molecule has 1 rings (SSSR count). The van der Waals surface area contributed by atoms with Crippen molar-refractivity contribution in [2.24, 2.45) is 11.3 Å². The van der Waals surface area contributed by atoms with Crippen molar-refractivity contribution in [1.29, 1.82) is 0 Å². The highest BCUT2D eigenvalue weighted by molar-refractivity contribution is 6.32. The maximum absolute atomic E-state index is 6.09. The van der Waals surface area contributed by atoms with E-state index in [4.69, 9.17) is 16.3 Å². The van der Waals surface area contributed by atoms with Crippen LogP contribution < -0.4 is 10.1 Å². The summed E-state index contributed by atoms with van der Waals surface area (Å²) in [5, 5.41) is 4.07. The molecule has 0 aliphatic heterocycles. The Bertz CT molecular complexity index is 425. The molecule has 2 atom stereocenters. The van der Waals surface area contributed by atoms with Gasteiger partial charge in [0.25, 0.3) is 0 Å². The molecule has 1 aromatic carbocycles. The van der Waals surface area contributed by atoms with Crippen LogP contribution in [0.1, 0.15) is 52.1 Å². The van der Waals surface area contributed by atoms with Crippen LogP contribution >= 0.6 is 11.6 Å². The molecule has 1 aromatic rings. The molecule has 0 aliphatic carbocycles. The second kappa shape index (κ2) is 7.33. The molecular weight excluding hydrogens is 270 g/mol. The lowest BCUT2D eigenvalue weighted by Crippen LogP contribution is -2.21. The predicted octanol–water partition coefficient (Wildman–Crippen LogP) is 5.07. The molecule has 0 bridgehead atoms. The topological polar surface area (TPSA) is 21.3 Å². The van der Waals surface area contributed by atoms with Crippen molar-refractivity contribution in [3.05, 3.63) is 28.8 Å². The second-order valence-corrected chi connectivity index (χ2v) is 7.25. The zero-order chi connectivity index (χ0) is 15.3. The maximum atomic E-state index is 6.09. The van der Waals surface area contributed by atoms with Gasteiger partial charge in [-0.1, -0.05) is 45.4 Å². The van der Waals surface area contributed by atoms with E-state index in [0.717, 1.165) is 12.2 Å². The summed E-state index contributed by atoms with van der Waals surface area (Å²) >= 11 is 6.09. The highest BCUT2D eigenvalue weighted by atomic mass is 35.5. The summed E-state index contributed by atoms with van der Waals surface area (Å²) in [5.41, 5.74) is 1.60. The molecule has 0 saturated heterocycles. The van der Waals surface area contributed by atoms with Gasteiger partial charge in [0.2, 0.25) is 0 Å². The monoisotopic (exact) mass is 297 g/mol. The lowest BCUT2D eigenvalue weighted by atomic mass is 9.82. The minimum absolute atomic E-state index is 0.332. The van der Waals surface area contributed by atoms with E-state index in [2.05, 4.69) is 39.1 Å². The van der Waals surface area contributed by atoms with Crippen LogP contribution in [-0.2, 0) is 0 Å². The third-order valence-corrected chi connectivity index (χ3v) is 3.84. The molecule has 0 spiro atoms. The van der Waals surface area contributed by atoms with Crippen LogP contribution in [0.15, 0.2) is 18.2 Å². The van der Waals surface area contributed by atoms with Crippen molar-refractivity contribution in [1.82, 2.24) is 5.32 Å². The van der Waals surface area contributed by atoms with Gasteiger partial charge in [0.1, 0.15) is 5.75 Å². The van der Waals surface area contributed by atoms with E-state index in [1.54, 1.807) is 7.11 Å². The van der Waals surface area contributed by atoms with Crippen molar-refractivity contribution >= 4 is 11.6 Å². The number of hydrogen-bond acceptors (Lipinski definition) is 2. The molecular formula is C17H28ClNO. The number of hydrogen-bond donors (Lipinski definition) is 1. The fourth-order valence-electron chi connectivity index (χ4n) is 2.84. The number of halogens is 1. The zero-order valence-electron chi connectivity index (χ0n) is 13.6. The Kier molecular flexibility index (Phi) is 6.35. The van der Waals surface area contributed by atoms with E-state index in [9.17, 15) is 0 Å². The molecule has 3 heteroatoms. The molecule has 0 saturated carbocycles. The van der Waals surface area contributed by atoms with Gasteiger partial charge in [-0.15, -0.1) is 0 Å². The van der Waals surface area contributed by atoms with Gasteiger partial charge < -0.3 is 10.1 Å². The summed E-state index contributed by atoms with van der Waals surface area (Å²) in [7, 11) is 3.66. The Labute approximate surface area is 128 Å². The fourth-order valence-corrected chi connectivity index (χ4v) is 3.04. The summed E-state index contributed by atoms with van der Waals surface area (Å²) in [6.07, 6.45) is 2.33. The smallest absolute Gasteiger partial charge is 0.137 e. The lowest BCUT2D eigenvalue weighted by molar-refractivity contribution is 0.279. The van der Waals surface area contributed by atoms with Crippen molar-refractivity contribution in [3.8, 4) is 5.75 Å². The van der Waals surface area contributed by atoms with E-state index in [1.165, 1.54) is 12.0 Å². The highest BCUT2D eigenvalue weighted by Crippen LogP contribution is 2.33. The Morgan fingerprint density at radius 1 is 1.30 bits per heavy atom. The third-order valence-electron chi connectivity index (χ3n) is 3.52. The van der Waals surface area contributed by atoms with Crippen molar-refractivity contribution in [3.63, 3.8) is 0 Å². The summed E-state index contributed by atoms with van der Waals surface area (Å²) in [6.45, 7) is 9.21. The van der Waals surface area contributed by atoms with E-state index in [-0.39, 0.29) is 0 Å². The fraction of sp³-hybridized carbons (Fsp3) is 0.647. The predicted molar refractivity (Wildman–Crippen MR) is 87.7 cm³/mol. The molecule has 0 heterocycles. The number of ether oxygens (including phenoxy) is 1. The quantitative estimate of drug-likeness (QED) is 0.791. The van der Waals surface area contributed by atoms with Gasteiger partial charge in [0, 0.05) is 6.04 Å². The normalized spacial score (nSPS) is 14.9. The summed E-state index contributed by atoms with van der Waals surface area (Å²) < 4.78 is 5.31. The van der Waals surface area contributed by atoms with Crippen molar-refractivity contribution in [2.45, 2.75) is 46.6 Å². The van der Waals surface area contributed by atoms with Crippen LogP contribution in [-0.4, -0.2) is 14.2 Å². The lowest BCUT2D eigenvalue weighted by Gasteiger charge is -2.27.